The lowest BCUT2D eigenvalue weighted by molar-refractivity contribution is -0.133. The van der Waals surface area contributed by atoms with E-state index >= 15 is 0 Å². The summed E-state index contributed by atoms with van der Waals surface area (Å²) < 4.78 is 0. The molecule has 0 aliphatic rings. The number of halogens is 1. The molecule has 0 saturated carbocycles. The van der Waals surface area contributed by atoms with Gasteiger partial charge in [0.2, 0.25) is 5.91 Å². The molecule has 26 heavy (non-hydrogen) atoms. The fourth-order valence-corrected chi connectivity index (χ4v) is 3.07. The van der Waals surface area contributed by atoms with E-state index in [1.807, 2.05) is 43.0 Å². The largest absolute Gasteiger partial charge is 0.342 e. The van der Waals surface area contributed by atoms with Crippen molar-refractivity contribution < 1.29 is 4.79 Å². The molecule has 1 aromatic carbocycles. The zero-order valence-electron chi connectivity index (χ0n) is 17.7. The Hall–Kier alpha value is -1.06. The number of unbranched alkanes of at least 4 members (excludes halogenated alkanes) is 1. The second-order valence-corrected chi connectivity index (χ2v) is 6.98. The predicted molar refractivity (Wildman–Crippen MR) is 115 cm³/mol. The molecule has 0 aliphatic carbocycles. The van der Waals surface area contributed by atoms with Crippen LogP contribution in [0.15, 0.2) is 24.3 Å². The predicted octanol–water partition coefficient (Wildman–Crippen LogP) is 5.83. The van der Waals surface area contributed by atoms with E-state index in [-0.39, 0.29) is 11.8 Å². The number of likely N-dealkylation sites (N-methyl/N-ethyl adjacent to an activating group) is 1. The van der Waals surface area contributed by atoms with Crippen LogP contribution in [0.1, 0.15) is 71.8 Å². The molecule has 3 nitrogen and oxygen atoms in total. The van der Waals surface area contributed by atoms with E-state index in [4.69, 9.17) is 11.6 Å². The van der Waals surface area contributed by atoms with E-state index in [0.29, 0.717) is 5.02 Å². The van der Waals surface area contributed by atoms with Gasteiger partial charge in [-0.1, -0.05) is 64.8 Å². The van der Waals surface area contributed by atoms with E-state index in [1.54, 1.807) is 0 Å². The van der Waals surface area contributed by atoms with Crippen LogP contribution in [-0.2, 0) is 4.79 Å². The third-order valence-electron chi connectivity index (χ3n) is 4.26. The van der Waals surface area contributed by atoms with Crippen LogP contribution in [0.2, 0.25) is 5.02 Å². The fraction of sp³-hybridized carbons (Fsp3) is 0.682. The second kappa shape index (κ2) is 15.0. The third-order valence-corrected chi connectivity index (χ3v) is 4.51. The highest BCUT2D eigenvalue weighted by Gasteiger charge is 2.26. The molecule has 1 rings (SSSR count). The average molecular weight is 383 g/mol. The van der Waals surface area contributed by atoms with Gasteiger partial charge in [0.15, 0.2) is 0 Å². The highest BCUT2D eigenvalue weighted by atomic mass is 35.5. The van der Waals surface area contributed by atoms with Crippen molar-refractivity contribution in [3.05, 3.63) is 34.9 Å². The maximum atomic E-state index is 13.2. The van der Waals surface area contributed by atoms with Gasteiger partial charge in [-0.15, -0.1) is 0 Å². The minimum absolute atomic E-state index is 0.123. The maximum Gasteiger partial charge on any atom is 0.231 e. The second-order valence-electron chi connectivity index (χ2n) is 6.55. The van der Waals surface area contributed by atoms with E-state index in [9.17, 15) is 4.79 Å². The number of hydrogen-bond donors (Lipinski definition) is 0. The van der Waals surface area contributed by atoms with Crippen LogP contribution in [0.25, 0.3) is 0 Å². The lowest BCUT2D eigenvalue weighted by Gasteiger charge is -2.30. The number of carbonyl (C=O) groups excluding carboxylic acids is 1. The Balaban J connectivity index is 0.00000301. The van der Waals surface area contributed by atoms with Gasteiger partial charge in [-0.3, -0.25) is 4.79 Å². The summed E-state index contributed by atoms with van der Waals surface area (Å²) in [5.74, 6) is 0.117. The summed E-state index contributed by atoms with van der Waals surface area (Å²) in [6.07, 6.45) is 4.31. The molecule has 0 aromatic heterocycles. The number of rotatable bonds is 11. The average Bonchev–Trinajstić information content (AvgIpc) is 2.66. The molecular weight excluding hydrogens is 344 g/mol. The van der Waals surface area contributed by atoms with Crippen molar-refractivity contribution in [2.24, 2.45) is 0 Å². The smallest absolute Gasteiger partial charge is 0.231 e. The summed E-state index contributed by atoms with van der Waals surface area (Å²) >= 11 is 6.03. The number of benzene rings is 1. The molecule has 1 aromatic rings. The van der Waals surface area contributed by atoms with Crippen LogP contribution >= 0.6 is 11.6 Å². The van der Waals surface area contributed by atoms with Gasteiger partial charge in [-0.25, -0.2) is 0 Å². The Kier molecular flexibility index (Phi) is 14.4. The summed E-state index contributed by atoms with van der Waals surface area (Å²) in [7, 11) is 2.11. The first-order chi connectivity index (χ1) is 12.5. The minimum atomic E-state index is -0.123. The van der Waals surface area contributed by atoms with Crippen molar-refractivity contribution in [3.63, 3.8) is 0 Å². The third kappa shape index (κ3) is 9.05. The van der Waals surface area contributed by atoms with E-state index in [2.05, 4.69) is 32.7 Å². The van der Waals surface area contributed by atoms with Crippen LogP contribution in [0.5, 0.6) is 0 Å². The molecule has 0 saturated heterocycles. The number of hydrogen-bond acceptors (Lipinski definition) is 2. The molecule has 150 valence electrons. The number of carbonyl (C=O) groups is 1. The molecule has 0 bridgehead atoms. The summed E-state index contributed by atoms with van der Waals surface area (Å²) in [5.41, 5.74) is 1.06. The van der Waals surface area contributed by atoms with Gasteiger partial charge in [0.05, 0.1) is 5.92 Å². The molecule has 0 aliphatic heterocycles. The molecule has 1 amide bonds. The quantitative estimate of drug-likeness (QED) is 0.480. The zero-order valence-corrected chi connectivity index (χ0v) is 18.5. The van der Waals surface area contributed by atoms with E-state index in [0.717, 1.165) is 51.0 Å². The van der Waals surface area contributed by atoms with Crippen LogP contribution in [0.3, 0.4) is 0 Å². The van der Waals surface area contributed by atoms with Crippen LogP contribution < -0.4 is 0 Å². The van der Waals surface area contributed by atoms with Gasteiger partial charge in [0.25, 0.3) is 0 Å². The Morgan fingerprint density at radius 2 is 1.50 bits per heavy atom. The highest BCUT2D eigenvalue weighted by Crippen LogP contribution is 2.22. The van der Waals surface area contributed by atoms with Crippen molar-refractivity contribution in [1.29, 1.82) is 0 Å². The minimum Gasteiger partial charge on any atom is -0.342 e. The monoisotopic (exact) mass is 382 g/mol. The Labute approximate surface area is 166 Å². The number of amides is 1. The first-order valence-electron chi connectivity index (χ1n) is 10.3. The summed E-state index contributed by atoms with van der Waals surface area (Å²) in [4.78, 5) is 17.5. The van der Waals surface area contributed by atoms with Crippen molar-refractivity contribution in [2.45, 2.75) is 66.2 Å². The SMILES string of the molecule is CC.CCCCN(C)CC(C(=O)N(CCC)CCC)c1ccc(Cl)cc1. The van der Waals surface area contributed by atoms with Crippen molar-refractivity contribution >= 4 is 17.5 Å². The van der Waals surface area contributed by atoms with Crippen LogP contribution in [0, 0.1) is 0 Å². The molecule has 0 fully saturated rings. The van der Waals surface area contributed by atoms with Gasteiger partial charge >= 0.3 is 0 Å². The molecule has 0 N–H and O–H groups in total. The van der Waals surface area contributed by atoms with Gasteiger partial charge in [-0.2, -0.15) is 0 Å². The molecular formula is C22H39ClN2O. The van der Waals surface area contributed by atoms with Crippen molar-refractivity contribution in [1.82, 2.24) is 9.80 Å². The van der Waals surface area contributed by atoms with Crippen LogP contribution in [-0.4, -0.2) is 48.9 Å². The summed E-state index contributed by atoms with van der Waals surface area (Å²) in [6, 6.07) is 7.75. The molecule has 4 heteroatoms. The molecule has 1 unspecified atom stereocenters. The molecule has 0 heterocycles. The van der Waals surface area contributed by atoms with Gasteiger partial charge in [-0.05, 0) is 50.6 Å². The topological polar surface area (TPSA) is 23.6 Å². The normalized spacial score (nSPS) is 11.7. The van der Waals surface area contributed by atoms with E-state index in [1.165, 1.54) is 6.42 Å². The molecule has 0 radical (unpaired) electrons. The maximum absolute atomic E-state index is 13.2. The first-order valence-corrected chi connectivity index (χ1v) is 10.6. The number of nitrogens with zero attached hydrogens (tertiary/aromatic N) is 2. The summed E-state index contributed by atoms with van der Waals surface area (Å²) in [6.45, 7) is 13.9. The molecule has 1 atom stereocenters. The first kappa shape index (κ1) is 24.9. The molecule has 0 spiro atoms. The van der Waals surface area contributed by atoms with Gasteiger partial charge in [0.1, 0.15) is 0 Å². The standard InChI is InChI=1S/C20H33ClN2O.C2H6/c1-5-8-15-22(4)16-19(17-9-11-18(21)12-10-17)20(24)23(13-6-2)14-7-3;1-2/h9-12,19H,5-8,13-16H2,1-4H3;1-2H3. The Morgan fingerprint density at radius 1 is 0.962 bits per heavy atom. The van der Waals surface area contributed by atoms with E-state index < -0.39 is 0 Å². The highest BCUT2D eigenvalue weighted by molar-refractivity contribution is 6.30. The van der Waals surface area contributed by atoms with Crippen molar-refractivity contribution in [2.75, 3.05) is 33.2 Å². The Morgan fingerprint density at radius 3 is 1.96 bits per heavy atom. The van der Waals surface area contributed by atoms with Crippen LogP contribution in [0.4, 0.5) is 0 Å². The van der Waals surface area contributed by atoms with Gasteiger partial charge < -0.3 is 9.80 Å². The lowest BCUT2D eigenvalue weighted by atomic mass is 9.96. The Bertz CT molecular complexity index is 470. The van der Waals surface area contributed by atoms with Gasteiger partial charge in [0, 0.05) is 24.7 Å². The zero-order chi connectivity index (χ0) is 19.9. The van der Waals surface area contributed by atoms with Crippen molar-refractivity contribution in [3.8, 4) is 0 Å². The lowest BCUT2D eigenvalue weighted by Crippen LogP contribution is -2.40. The fourth-order valence-electron chi connectivity index (χ4n) is 2.94. The summed E-state index contributed by atoms with van der Waals surface area (Å²) in [5, 5.41) is 0.711.